The third-order valence-corrected chi connectivity index (χ3v) is 6.45. The molecule has 1 fully saturated rings. The Kier molecular flexibility index (Phi) is 8.75. The summed E-state index contributed by atoms with van der Waals surface area (Å²) in [5, 5.41) is 30.6. The second-order valence-corrected chi connectivity index (χ2v) is 10.5. The Morgan fingerprint density at radius 2 is 1.87 bits per heavy atom. The van der Waals surface area contributed by atoms with Gasteiger partial charge in [-0.1, -0.05) is 38.4 Å². The fourth-order valence-electron chi connectivity index (χ4n) is 3.59. The lowest BCUT2D eigenvalue weighted by Crippen LogP contribution is -2.62. The predicted octanol–water partition coefficient (Wildman–Crippen LogP) is 4.45. The molecule has 0 radical (unpaired) electrons. The highest BCUT2D eigenvalue weighted by atomic mass is 35.5. The molecule has 202 valence electrons. The van der Waals surface area contributed by atoms with Crippen LogP contribution in [0.25, 0.3) is 0 Å². The highest BCUT2D eigenvalue weighted by Gasteiger charge is 2.53. The van der Waals surface area contributed by atoms with Crippen molar-refractivity contribution in [2.45, 2.75) is 45.9 Å². The standard InChI is InChI=1S/C26H27ClN2O8S/c1-14(30)19-23(27)28(24(19)33)20(25(38)36-13-15-8-10-16(11-9-15)29(34)35)21(22(32)26(2,3)4)37-18-7-5-6-17(31)12-18/h5-12,14,19,23,30-31H,13H2,1-4H3/t14-,19-,23-/m1/s1. The highest BCUT2D eigenvalue weighted by molar-refractivity contribution is 7.80. The summed E-state index contributed by atoms with van der Waals surface area (Å²) < 4.78 is 11.7. The van der Waals surface area contributed by atoms with Gasteiger partial charge < -0.3 is 19.7 Å². The third-order valence-electron chi connectivity index (χ3n) is 5.68. The molecule has 0 saturated carbocycles. The number of phenolic OH excluding ortho intramolecular Hbond substituents is 1. The summed E-state index contributed by atoms with van der Waals surface area (Å²) in [6, 6.07) is 11.3. The minimum atomic E-state index is -1.06. The van der Waals surface area contributed by atoms with Crippen LogP contribution in [0.5, 0.6) is 11.5 Å². The van der Waals surface area contributed by atoms with Gasteiger partial charge in [0.2, 0.25) is 16.7 Å². The molecule has 3 atom stereocenters. The fraction of sp³-hybridized carbons (Fsp3) is 0.346. The van der Waals surface area contributed by atoms with Crippen LogP contribution in [0.2, 0.25) is 0 Å². The summed E-state index contributed by atoms with van der Waals surface area (Å²) >= 11 is 12.0. The molecular weight excluding hydrogens is 536 g/mol. The van der Waals surface area contributed by atoms with Crippen LogP contribution in [-0.4, -0.2) is 48.4 Å². The van der Waals surface area contributed by atoms with E-state index in [4.69, 9.17) is 33.3 Å². The van der Waals surface area contributed by atoms with Gasteiger partial charge in [-0.3, -0.25) is 24.6 Å². The van der Waals surface area contributed by atoms with Gasteiger partial charge in [0.25, 0.3) is 5.69 Å². The summed E-state index contributed by atoms with van der Waals surface area (Å²) in [4.78, 5) is 38.1. The van der Waals surface area contributed by atoms with Crippen LogP contribution in [0.4, 0.5) is 5.69 Å². The normalized spacial score (nSPS) is 18.7. The van der Waals surface area contributed by atoms with E-state index in [1.54, 1.807) is 20.8 Å². The number of nitro benzene ring substituents is 1. The molecule has 12 heteroatoms. The topological polar surface area (TPSA) is 139 Å². The molecule has 1 saturated heterocycles. The third kappa shape index (κ3) is 6.29. The van der Waals surface area contributed by atoms with Crippen molar-refractivity contribution in [1.82, 2.24) is 4.90 Å². The number of carbonyl (C=O) groups excluding carboxylic acids is 2. The molecule has 1 heterocycles. The number of aromatic hydroxyl groups is 1. The van der Waals surface area contributed by atoms with Gasteiger partial charge in [0.1, 0.15) is 29.3 Å². The molecule has 0 aromatic heterocycles. The number of aliphatic hydroxyl groups is 1. The maximum absolute atomic E-state index is 13.6. The van der Waals surface area contributed by atoms with Gasteiger partial charge in [0.05, 0.1) is 16.9 Å². The molecule has 10 nitrogen and oxygen atoms in total. The smallest absolute Gasteiger partial charge is 0.269 e. The first-order valence-corrected chi connectivity index (χ1v) is 12.4. The number of thiocarbonyl (C=S) groups is 1. The first-order chi connectivity index (χ1) is 17.7. The van der Waals surface area contributed by atoms with Gasteiger partial charge in [0, 0.05) is 23.6 Å². The molecule has 2 N–H and O–H groups in total. The largest absolute Gasteiger partial charge is 0.508 e. The molecule has 2 aromatic carbocycles. The molecule has 0 aliphatic carbocycles. The molecule has 2 aromatic rings. The van der Waals surface area contributed by atoms with Crippen molar-refractivity contribution in [3.8, 4) is 11.5 Å². The van der Waals surface area contributed by atoms with Crippen molar-refractivity contribution in [2.24, 2.45) is 11.3 Å². The number of benzene rings is 2. The summed E-state index contributed by atoms with van der Waals surface area (Å²) in [5.41, 5.74) is -1.82. The molecule has 1 aliphatic heterocycles. The van der Waals surface area contributed by atoms with E-state index in [1.165, 1.54) is 55.5 Å². The van der Waals surface area contributed by atoms with Crippen molar-refractivity contribution >= 4 is 46.2 Å². The second kappa shape index (κ2) is 11.5. The number of hydrogen-bond donors (Lipinski definition) is 2. The zero-order valence-electron chi connectivity index (χ0n) is 21.1. The van der Waals surface area contributed by atoms with Gasteiger partial charge in [-0.25, -0.2) is 0 Å². The van der Waals surface area contributed by atoms with Crippen LogP contribution in [0, 0.1) is 21.4 Å². The molecule has 1 amide bonds. The number of nitrogens with zero attached hydrogens (tertiary/aromatic N) is 2. The number of rotatable bonds is 9. The molecule has 3 rings (SSSR count). The maximum Gasteiger partial charge on any atom is 0.269 e. The lowest BCUT2D eigenvalue weighted by Gasteiger charge is -2.46. The molecular formula is C26H27ClN2O8S. The summed E-state index contributed by atoms with van der Waals surface area (Å²) in [5.74, 6) is -2.42. The van der Waals surface area contributed by atoms with Gasteiger partial charge in [0.15, 0.2) is 5.76 Å². The average molecular weight is 563 g/mol. The molecule has 0 spiro atoms. The number of nitro groups is 1. The summed E-state index contributed by atoms with van der Waals surface area (Å²) in [7, 11) is 0. The Labute approximate surface area is 229 Å². The number of alkyl halides is 1. The lowest BCUT2D eigenvalue weighted by molar-refractivity contribution is -0.384. The van der Waals surface area contributed by atoms with E-state index in [9.17, 15) is 29.9 Å². The van der Waals surface area contributed by atoms with Crippen LogP contribution in [0.3, 0.4) is 0 Å². The van der Waals surface area contributed by atoms with E-state index in [1.807, 2.05) is 0 Å². The number of non-ortho nitro benzene ring substituents is 1. The summed E-state index contributed by atoms with van der Waals surface area (Å²) in [6.07, 6.45) is -1.06. The van der Waals surface area contributed by atoms with Crippen LogP contribution in [-0.2, 0) is 20.9 Å². The molecule has 0 bridgehead atoms. The number of allylic oxidation sites excluding steroid dienone is 1. The Bertz CT molecular complexity index is 1290. The van der Waals surface area contributed by atoms with Gasteiger partial charge in [-0.15, -0.1) is 0 Å². The number of aliphatic hydroxyl groups excluding tert-OH is 1. The average Bonchev–Trinajstić information content (AvgIpc) is 2.83. The minimum Gasteiger partial charge on any atom is -0.508 e. The zero-order valence-corrected chi connectivity index (χ0v) is 22.7. The number of phenols is 1. The quantitative estimate of drug-likeness (QED) is 0.0662. The Morgan fingerprint density at radius 1 is 1.24 bits per heavy atom. The summed E-state index contributed by atoms with van der Waals surface area (Å²) in [6.45, 7) is 6.22. The van der Waals surface area contributed by atoms with Crippen LogP contribution < -0.4 is 4.74 Å². The predicted molar refractivity (Wildman–Crippen MR) is 142 cm³/mol. The van der Waals surface area contributed by atoms with E-state index in [0.717, 1.165) is 4.90 Å². The minimum absolute atomic E-state index is 0.0967. The zero-order chi connectivity index (χ0) is 28.4. The van der Waals surface area contributed by atoms with Gasteiger partial charge in [-0.05, 0) is 49.0 Å². The monoisotopic (exact) mass is 562 g/mol. The molecule has 38 heavy (non-hydrogen) atoms. The van der Waals surface area contributed by atoms with Crippen LogP contribution in [0.1, 0.15) is 33.3 Å². The number of carbonyl (C=O) groups is 2. The van der Waals surface area contributed by atoms with Crippen molar-refractivity contribution < 1.29 is 34.2 Å². The Hall–Kier alpha value is -3.54. The van der Waals surface area contributed by atoms with E-state index in [-0.39, 0.29) is 40.3 Å². The van der Waals surface area contributed by atoms with Gasteiger partial charge in [-0.2, -0.15) is 0 Å². The number of likely N-dealkylation sites (tertiary alicyclic amines) is 1. The Morgan fingerprint density at radius 3 is 2.37 bits per heavy atom. The number of hydrogen-bond acceptors (Lipinski definition) is 9. The van der Waals surface area contributed by atoms with E-state index in [0.29, 0.717) is 5.56 Å². The van der Waals surface area contributed by atoms with Crippen molar-refractivity contribution in [1.29, 1.82) is 0 Å². The number of ketones is 1. The SMILES string of the molecule is C[C@@H](O)[C@H]1C(=O)N(C(C(=S)OCc2ccc([N+](=O)[O-])cc2)=C(Oc2cccc(O)c2)C(=O)C(C)(C)C)[C@H]1Cl. The van der Waals surface area contributed by atoms with Crippen molar-refractivity contribution in [2.75, 3.05) is 0 Å². The van der Waals surface area contributed by atoms with Crippen molar-refractivity contribution in [3.63, 3.8) is 0 Å². The maximum atomic E-state index is 13.6. The lowest BCUT2D eigenvalue weighted by atomic mass is 9.87. The highest BCUT2D eigenvalue weighted by Crippen LogP contribution is 2.39. The number of ether oxygens (including phenoxy) is 2. The van der Waals surface area contributed by atoms with Gasteiger partial charge >= 0.3 is 0 Å². The number of β-lactam (4-membered cyclic amide) rings is 1. The van der Waals surface area contributed by atoms with E-state index in [2.05, 4.69) is 0 Å². The van der Waals surface area contributed by atoms with Crippen LogP contribution in [0.15, 0.2) is 60.0 Å². The van der Waals surface area contributed by atoms with E-state index >= 15 is 0 Å². The number of amides is 1. The fourth-order valence-corrected chi connectivity index (χ4v) is 4.35. The Balaban J connectivity index is 2.07. The number of Topliss-reactive ketones (excluding diaryl/α,β-unsaturated/α-hetero) is 1. The van der Waals surface area contributed by atoms with E-state index < -0.39 is 39.6 Å². The first kappa shape index (κ1) is 29.0. The van der Waals surface area contributed by atoms with Crippen LogP contribution >= 0.6 is 23.8 Å². The van der Waals surface area contributed by atoms with Crippen molar-refractivity contribution in [3.05, 3.63) is 75.7 Å². The first-order valence-electron chi connectivity index (χ1n) is 11.5. The second-order valence-electron chi connectivity index (χ2n) is 9.70. The number of halogens is 1. The molecule has 1 aliphatic rings. The molecule has 0 unspecified atom stereocenters.